The topological polar surface area (TPSA) is 45.5 Å². The summed E-state index contributed by atoms with van der Waals surface area (Å²) >= 11 is 7.30. The quantitative estimate of drug-likeness (QED) is 0.273. The monoisotopic (exact) mass is 538 g/mol. The maximum absolute atomic E-state index is 15.4. The molecule has 0 unspecified atom stereocenters. The van der Waals surface area contributed by atoms with Crippen LogP contribution in [0.15, 0.2) is 64.4 Å². The van der Waals surface area contributed by atoms with Crippen LogP contribution in [0.5, 0.6) is 0 Å². The van der Waals surface area contributed by atoms with E-state index in [-0.39, 0.29) is 15.3 Å². The smallest absolute Gasteiger partial charge is 0.338 e. The minimum absolute atomic E-state index is 0.0294. The number of nitrogens with zero attached hydrogens (tertiary/aromatic N) is 2. The van der Waals surface area contributed by atoms with Gasteiger partial charge in [0.1, 0.15) is 0 Å². The van der Waals surface area contributed by atoms with Gasteiger partial charge in [0.15, 0.2) is 11.6 Å². The predicted molar refractivity (Wildman–Crippen MR) is 143 cm³/mol. The molecule has 4 nitrogen and oxygen atoms in total. The van der Waals surface area contributed by atoms with Gasteiger partial charge in [-0.2, -0.15) is 0 Å². The van der Waals surface area contributed by atoms with Crippen LogP contribution in [0.1, 0.15) is 40.9 Å². The van der Waals surface area contributed by atoms with E-state index in [0.29, 0.717) is 28.9 Å². The van der Waals surface area contributed by atoms with E-state index in [0.717, 1.165) is 24.0 Å². The minimum Gasteiger partial charge on any atom is -0.478 e. The Bertz CT molecular complexity index is 1560. The van der Waals surface area contributed by atoms with Gasteiger partial charge in [0.25, 0.3) is 0 Å². The highest BCUT2D eigenvalue weighted by Crippen LogP contribution is 2.52. The maximum atomic E-state index is 15.4. The lowest BCUT2D eigenvalue weighted by molar-refractivity contribution is 0.0691. The molecule has 2 aliphatic rings. The Morgan fingerprint density at radius 2 is 1.84 bits per heavy atom. The highest BCUT2D eigenvalue weighted by molar-refractivity contribution is 7.99. The van der Waals surface area contributed by atoms with E-state index in [9.17, 15) is 14.3 Å². The van der Waals surface area contributed by atoms with Crippen molar-refractivity contribution >= 4 is 45.9 Å². The van der Waals surface area contributed by atoms with E-state index in [1.54, 1.807) is 12.1 Å². The fraction of sp³-hybridized carbons (Fsp3) is 0.276. The fourth-order valence-electron chi connectivity index (χ4n) is 5.93. The predicted octanol–water partition coefficient (Wildman–Crippen LogP) is 7.67. The molecule has 2 heterocycles. The molecule has 0 radical (unpaired) electrons. The average molecular weight is 539 g/mol. The lowest BCUT2D eigenvalue weighted by Gasteiger charge is -2.39. The van der Waals surface area contributed by atoms with E-state index in [1.807, 2.05) is 11.5 Å². The second-order valence-electron chi connectivity index (χ2n) is 9.92. The molecule has 190 valence electrons. The van der Waals surface area contributed by atoms with Crippen LogP contribution in [0.4, 0.5) is 14.5 Å². The zero-order valence-electron chi connectivity index (χ0n) is 20.2. The third-order valence-electron chi connectivity index (χ3n) is 7.94. The third kappa shape index (κ3) is 3.82. The fourth-order valence-corrected chi connectivity index (χ4v) is 7.18. The molecule has 1 saturated carbocycles. The van der Waals surface area contributed by atoms with E-state index in [1.165, 1.54) is 48.7 Å². The number of carboxylic acid groups (broad SMARTS) is 1. The van der Waals surface area contributed by atoms with E-state index in [2.05, 4.69) is 29.2 Å². The number of aromatic carboxylic acids is 1. The summed E-state index contributed by atoms with van der Waals surface area (Å²) < 4.78 is 32.3. The molecule has 0 amide bonds. The number of anilines is 1. The summed E-state index contributed by atoms with van der Waals surface area (Å²) in [5.41, 5.74) is 3.66. The molecule has 1 N–H and O–H groups in total. The van der Waals surface area contributed by atoms with Crippen LogP contribution in [0, 0.1) is 18.6 Å². The molecular weight excluding hydrogens is 514 g/mol. The normalized spacial score (nSPS) is 15.8. The third-order valence-corrected chi connectivity index (χ3v) is 9.48. The van der Waals surface area contributed by atoms with Gasteiger partial charge in [0, 0.05) is 51.6 Å². The first-order valence-electron chi connectivity index (χ1n) is 12.3. The van der Waals surface area contributed by atoms with Crippen LogP contribution >= 0.6 is 23.4 Å². The molecule has 1 aliphatic carbocycles. The Kier molecular flexibility index (Phi) is 5.96. The summed E-state index contributed by atoms with van der Waals surface area (Å²) in [5, 5.41) is 9.99. The van der Waals surface area contributed by atoms with Gasteiger partial charge < -0.3 is 14.6 Å². The van der Waals surface area contributed by atoms with Crippen molar-refractivity contribution in [2.45, 2.75) is 47.9 Å². The van der Waals surface area contributed by atoms with Crippen molar-refractivity contribution in [3.05, 3.63) is 88.1 Å². The number of para-hydroxylation sites is 1. The van der Waals surface area contributed by atoms with Crippen LogP contribution in [-0.2, 0) is 12.0 Å². The van der Waals surface area contributed by atoms with Crippen molar-refractivity contribution in [1.82, 2.24) is 4.57 Å². The van der Waals surface area contributed by atoms with Gasteiger partial charge in [-0.25, -0.2) is 13.6 Å². The van der Waals surface area contributed by atoms with Gasteiger partial charge in [-0.15, -0.1) is 0 Å². The summed E-state index contributed by atoms with van der Waals surface area (Å²) in [6, 6.07) is 16.1. The Hall–Kier alpha value is -3.03. The summed E-state index contributed by atoms with van der Waals surface area (Å²) in [4.78, 5) is 14.7. The zero-order valence-corrected chi connectivity index (χ0v) is 21.8. The molecule has 37 heavy (non-hydrogen) atoms. The van der Waals surface area contributed by atoms with Gasteiger partial charge in [-0.05, 0) is 55.7 Å². The van der Waals surface area contributed by atoms with Crippen LogP contribution in [0.2, 0.25) is 5.02 Å². The van der Waals surface area contributed by atoms with Crippen LogP contribution in [-0.4, -0.2) is 28.7 Å². The first-order chi connectivity index (χ1) is 17.8. The molecular formula is C29H25ClF2N2O2S. The van der Waals surface area contributed by atoms with Gasteiger partial charge in [0.05, 0.1) is 16.1 Å². The Morgan fingerprint density at radius 3 is 2.57 bits per heavy atom. The number of fused-ring (bicyclic) bond motifs is 3. The summed E-state index contributed by atoms with van der Waals surface area (Å²) in [6.45, 7) is 4.08. The van der Waals surface area contributed by atoms with Gasteiger partial charge >= 0.3 is 5.97 Å². The van der Waals surface area contributed by atoms with Gasteiger partial charge in [-0.3, -0.25) is 0 Å². The molecule has 0 bridgehead atoms. The number of halogens is 3. The number of hydrogen-bond donors (Lipinski definition) is 1. The highest BCUT2D eigenvalue weighted by Gasteiger charge is 2.46. The second-order valence-corrected chi connectivity index (χ2v) is 11.4. The molecule has 1 fully saturated rings. The van der Waals surface area contributed by atoms with E-state index >= 15 is 4.39 Å². The Labute approximate surface area is 222 Å². The van der Waals surface area contributed by atoms with Crippen molar-refractivity contribution in [1.29, 1.82) is 0 Å². The molecule has 8 heteroatoms. The molecule has 4 aromatic rings. The first-order valence-corrected chi connectivity index (χ1v) is 13.5. The molecule has 1 aromatic heterocycles. The summed E-state index contributed by atoms with van der Waals surface area (Å²) in [5.74, 6) is -2.63. The molecule has 0 saturated heterocycles. The van der Waals surface area contributed by atoms with Crippen LogP contribution < -0.4 is 4.90 Å². The molecule has 6 rings (SSSR count). The van der Waals surface area contributed by atoms with Crippen molar-refractivity contribution in [2.75, 3.05) is 18.0 Å². The number of benzene rings is 3. The largest absolute Gasteiger partial charge is 0.478 e. The number of aromatic nitrogens is 1. The van der Waals surface area contributed by atoms with Crippen molar-refractivity contribution < 1.29 is 18.7 Å². The number of carboxylic acids is 1. The van der Waals surface area contributed by atoms with Crippen molar-refractivity contribution in [2.24, 2.45) is 0 Å². The number of carbonyl (C=O) groups is 1. The Morgan fingerprint density at radius 1 is 1.05 bits per heavy atom. The van der Waals surface area contributed by atoms with E-state index < -0.39 is 23.2 Å². The van der Waals surface area contributed by atoms with Crippen LogP contribution in [0.25, 0.3) is 10.9 Å². The first kappa shape index (κ1) is 24.3. The maximum Gasteiger partial charge on any atom is 0.338 e. The highest BCUT2D eigenvalue weighted by atomic mass is 35.5. The minimum atomic E-state index is -1.33. The zero-order chi connectivity index (χ0) is 25.9. The lowest BCUT2D eigenvalue weighted by atomic mass is 9.66. The van der Waals surface area contributed by atoms with Gasteiger partial charge in [-0.1, -0.05) is 54.0 Å². The summed E-state index contributed by atoms with van der Waals surface area (Å²) in [7, 11) is 0. The summed E-state index contributed by atoms with van der Waals surface area (Å²) in [6.07, 6.45) is 3.63. The van der Waals surface area contributed by atoms with Crippen molar-refractivity contribution in [3.63, 3.8) is 0 Å². The Balaban J connectivity index is 1.38. The standard InChI is InChI=1S/C29H25ClF2N2O2S/c1-17-27(37-23-9-4-6-18(24(23)31)28(35)36)19-10-11-21(30)25(32)26(19)34(17)15-14-33-16-29(12-5-13-29)20-7-2-3-8-22(20)33/h2-4,6-11H,5,12-16H2,1H3,(H,35,36). The molecule has 3 aromatic carbocycles. The number of hydrogen-bond acceptors (Lipinski definition) is 3. The lowest BCUT2D eigenvalue weighted by Crippen LogP contribution is -2.40. The average Bonchev–Trinajstić information content (AvgIpc) is 3.34. The van der Waals surface area contributed by atoms with Crippen molar-refractivity contribution in [3.8, 4) is 0 Å². The second kappa shape index (κ2) is 9.07. The molecule has 1 spiro atoms. The number of rotatable bonds is 6. The van der Waals surface area contributed by atoms with E-state index in [4.69, 9.17) is 11.6 Å². The van der Waals surface area contributed by atoms with Gasteiger partial charge in [0.2, 0.25) is 0 Å². The molecule has 1 aliphatic heterocycles. The van der Waals surface area contributed by atoms with Crippen LogP contribution in [0.3, 0.4) is 0 Å². The SMILES string of the molecule is Cc1c(Sc2cccc(C(=O)O)c2F)c2ccc(Cl)c(F)c2n1CCN1CC2(CCC2)c2ccccc21. The molecule has 0 atom stereocenters.